The molecule has 3 aromatic rings. The maximum absolute atomic E-state index is 14.0. The van der Waals surface area contributed by atoms with E-state index in [9.17, 15) is 18.0 Å². The Hall–Kier alpha value is -2.59. The molecule has 0 aromatic heterocycles. The van der Waals surface area contributed by atoms with Gasteiger partial charge in [0.05, 0.1) is 20.6 Å². The lowest BCUT2D eigenvalue weighted by Gasteiger charge is -2.33. The minimum atomic E-state index is -4.14. The fourth-order valence-electron chi connectivity index (χ4n) is 4.12. The molecule has 2 amide bonds. The second kappa shape index (κ2) is 14.3. The van der Waals surface area contributed by atoms with Crippen molar-refractivity contribution in [3.8, 4) is 0 Å². The highest BCUT2D eigenvalue weighted by Crippen LogP contribution is 2.28. The highest BCUT2D eigenvalue weighted by Gasteiger charge is 2.33. The third-order valence-corrected chi connectivity index (χ3v) is 9.28. The first-order chi connectivity index (χ1) is 19.0. The van der Waals surface area contributed by atoms with Gasteiger partial charge in [-0.2, -0.15) is 0 Å². The Bertz CT molecular complexity index is 1450. The molecule has 0 aliphatic rings. The fraction of sp³-hybridized carbons (Fsp3) is 0.310. The molecular weight excluding hydrogens is 637 g/mol. The number of carbonyl (C=O) groups is 2. The molecule has 1 N–H and O–H groups in total. The van der Waals surface area contributed by atoms with Crippen molar-refractivity contribution < 1.29 is 18.0 Å². The number of rotatable bonds is 12. The molecule has 0 heterocycles. The van der Waals surface area contributed by atoms with Gasteiger partial charge in [-0.15, -0.1) is 0 Å². The lowest BCUT2D eigenvalue weighted by atomic mass is 10.1. The van der Waals surface area contributed by atoms with Crippen LogP contribution in [0.4, 0.5) is 5.69 Å². The number of hydrogen-bond donors (Lipinski definition) is 1. The van der Waals surface area contributed by atoms with Crippen LogP contribution in [0.15, 0.2) is 76.1 Å². The van der Waals surface area contributed by atoms with Crippen LogP contribution in [0, 0.1) is 6.92 Å². The number of aryl methyl sites for hydroxylation is 1. The first kappa shape index (κ1) is 31.9. The van der Waals surface area contributed by atoms with Gasteiger partial charge in [-0.3, -0.25) is 13.9 Å². The predicted molar refractivity (Wildman–Crippen MR) is 164 cm³/mol. The van der Waals surface area contributed by atoms with Gasteiger partial charge in [0, 0.05) is 17.6 Å². The smallest absolute Gasteiger partial charge is 0.264 e. The number of nitrogens with one attached hydrogen (secondary N) is 1. The van der Waals surface area contributed by atoms with E-state index in [2.05, 4.69) is 21.2 Å². The summed E-state index contributed by atoms with van der Waals surface area (Å²) in [6.07, 6.45) is 1.05. The van der Waals surface area contributed by atoms with Gasteiger partial charge in [-0.05, 0) is 67.8 Å². The molecule has 1 atom stereocenters. The van der Waals surface area contributed by atoms with E-state index in [0.29, 0.717) is 38.7 Å². The van der Waals surface area contributed by atoms with E-state index in [-0.39, 0.29) is 17.3 Å². The van der Waals surface area contributed by atoms with E-state index < -0.39 is 28.5 Å². The van der Waals surface area contributed by atoms with Gasteiger partial charge in [0.15, 0.2) is 0 Å². The molecular formula is C29H32BrCl2N3O4S. The summed E-state index contributed by atoms with van der Waals surface area (Å²) < 4.78 is 29.5. The van der Waals surface area contributed by atoms with Crippen molar-refractivity contribution in [3.63, 3.8) is 0 Å². The average Bonchev–Trinajstić information content (AvgIpc) is 2.92. The first-order valence-corrected chi connectivity index (χ1v) is 15.8. The molecule has 214 valence electrons. The molecule has 0 unspecified atom stereocenters. The first-order valence-electron chi connectivity index (χ1n) is 12.8. The van der Waals surface area contributed by atoms with E-state index in [1.165, 1.54) is 17.0 Å². The standard InChI is InChI=1S/C29H32BrCl2N3O4S/c1-4-15-33-29(37)27(5-2)34(18-21-11-14-25(31)26(32)16-21)28(36)19-35(23-8-6-7-22(30)17-23)40(38,39)24-12-9-20(3)10-13-24/h6-14,16-17,27H,4-5,15,18-19H2,1-3H3,(H,33,37)/t27-/m0/s1. The minimum absolute atomic E-state index is 0.0324. The maximum atomic E-state index is 14.0. The lowest BCUT2D eigenvalue weighted by molar-refractivity contribution is -0.140. The zero-order chi connectivity index (χ0) is 29.4. The molecule has 3 rings (SSSR count). The summed E-state index contributed by atoms with van der Waals surface area (Å²) in [4.78, 5) is 28.7. The van der Waals surface area contributed by atoms with Crippen LogP contribution in [0.5, 0.6) is 0 Å². The molecule has 0 saturated carbocycles. The normalized spacial score (nSPS) is 12.1. The number of anilines is 1. The van der Waals surface area contributed by atoms with Crippen molar-refractivity contribution in [2.45, 2.75) is 51.1 Å². The Morgan fingerprint density at radius 3 is 2.27 bits per heavy atom. The Kier molecular flexibility index (Phi) is 11.5. The Balaban J connectivity index is 2.06. The number of amides is 2. The summed E-state index contributed by atoms with van der Waals surface area (Å²) in [5.74, 6) is -0.853. The van der Waals surface area contributed by atoms with Gasteiger partial charge in [-0.25, -0.2) is 8.42 Å². The zero-order valence-electron chi connectivity index (χ0n) is 22.5. The molecule has 0 saturated heterocycles. The van der Waals surface area contributed by atoms with Crippen LogP contribution in [-0.4, -0.2) is 44.3 Å². The van der Waals surface area contributed by atoms with Crippen LogP contribution >= 0.6 is 39.1 Å². The number of halogens is 3. The highest BCUT2D eigenvalue weighted by molar-refractivity contribution is 9.10. The van der Waals surface area contributed by atoms with Gasteiger partial charge in [0.1, 0.15) is 12.6 Å². The van der Waals surface area contributed by atoms with Crippen molar-refractivity contribution in [1.82, 2.24) is 10.2 Å². The average molecular weight is 669 g/mol. The number of hydrogen-bond acceptors (Lipinski definition) is 4. The fourth-order valence-corrected chi connectivity index (χ4v) is 6.23. The third kappa shape index (κ3) is 8.00. The number of sulfonamides is 1. The third-order valence-electron chi connectivity index (χ3n) is 6.26. The number of carbonyl (C=O) groups excluding carboxylic acids is 2. The van der Waals surface area contributed by atoms with Crippen molar-refractivity contribution in [1.29, 1.82) is 0 Å². The molecule has 0 spiro atoms. The molecule has 0 fully saturated rings. The number of nitrogens with zero attached hydrogens (tertiary/aromatic N) is 2. The van der Waals surface area contributed by atoms with Crippen LogP contribution < -0.4 is 9.62 Å². The van der Waals surface area contributed by atoms with Crippen molar-refractivity contribution >= 4 is 66.7 Å². The van der Waals surface area contributed by atoms with Gasteiger partial charge >= 0.3 is 0 Å². The van der Waals surface area contributed by atoms with E-state index >= 15 is 0 Å². The topological polar surface area (TPSA) is 86.8 Å². The van der Waals surface area contributed by atoms with E-state index in [1.807, 2.05) is 13.8 Å². The van der Waals surface area contributed by atoms with Gasteiger partial charge in [0.2, 0.25) is 11.8 Å². The molecule has 0 radical (unpaired) electrons. The van der Waals surface area contributed by atoms with Crippen molar-refractivity contribution in [2.24, 2.45) is 0 Å². The molecule has 40 heavy (non-hydrogen) atoms. The molecule has 0 aliphatic heterocycles. The second-order valence-electron chi connectivity index (χ2n) is 9.29. The summed E-state index contributed by atoms with van der Waals surface area (Å²) >= 11 is 15.7. The summed E-state index contributed by atoms with van der Waals surface area (Å²) in [5, 5.41) is 3.54. The highest BCUT2D eigenvalue weighted by atomic mass is 79.9. The zero-order valence-corrected chi connectivity index (χ0v) is 26.4. The monoisotopic (exact) mass is 667 g/mol. The molecule has 0 aliphatic carbocycles. The maximum Gasteiger partial charge on any atom is 0.264 e. The predicted octanol–water partition coefficient (Wildman–Crippen LogP) is 6.59. The molecule has 7 nitrogen and oxygen atoms in total. The molecule has 11 heteroatoms. The van der Waals surface area contributed by atoms with Crippen LogP contribution in [0.2, 0.25) is 10.0 Å². The van der Waals surface area contributed by atoms with Crippen LogP contribution in [0.3, 0.4) is 0 Å². The second-order valence-corrected chi connectivity index (χ2v) is 12.9. The Morgan fingerprint density at radius 2 is 1.68 bits per heavy atom. The summed E-state index contributed by atoms with van der Waals surface area (Å²) in [7, 11) is -4.14. The van der Waals surface area contributed by atoms with Gasteiger partial charge in [-0.1, -0.05) is 82.8 Å². The van der Waals surface area contributed by atoms with E-state index in [1.54, 1.807) is 61.5 Å². The molecule has 3 aromatic carbocycles. The Labute approximate surface area is 254 Å². The summed E-state index contributed by atoms with van der Waals surface area (Å²) in [5.41, 5.74) is 1.86. The largest absolute Gasteiger partial charge is 0.354 e. The Morgan fingerprint density at radius 1 is 0.975 bits per heavy atom. The van der Waals surface area contributed by atoms with Crippen LogP contribution in [-0.2, 0) is 26.2 Å². The van der Waals surface area contributed by atoms with Gasteiger partial charge in [0.25, 0.3) is 10.0 Å². The molecule has 0 bridgehead atoms. The van der Waals surface area contributed by atoms with Crippen LogP contribution in [0.25, 0.3) is 0 Å². The summed E-state index contributed by atoms with van der Waals surface area (Å²) in [6.45, 7) is 5.57. The quantitative estimate of drug-likeness (QED) is 0.236. The van der Waals surface area contributed by atoms with Crippen molar-refractivity contribution in [2.75, 3.05) is 17.4 Å². The van der Waals surface area contributed by atoms with Crippen molar-refractivity contribution in [3.05, 3.63) is 92.4 Å². The number of benzene rings is 3. The summed E-state index contributed by atoms with van der Waals surface area (Å²) in [6, 6.07) is 17.3. The van der Waals surface area contributed by atoms with Gasteiger partial charge < -0.3 is 10.2 Å². The van der Waals surface area contributed by atoms with E-state index in [0.717, 1.165) is 16.3 Å². The SMILES string of the molecule is CCCNC(=O)[C@H](CC)N(Cc1ccc(Cl)c(Cl)c1)C(=O)CN(c1cccc(Br)c1)S(=O)(=O)c1ccc(C)cc1. The van der Waals surface area contributed by atoms with Crippen LogP contribution in [0.1, 0.15) is 37.8 Å². The van der Waals surface area contributed by atoms with E-state index in [4.69, 9.17) is 23.2 Å². The lowest BCUT2D eigenvalue weighted by Crippen LogP contribution is -2.52. The minimum Gasteiger partial charge on any atom is -0.354 e.